The lowest BCUT2D eigenvalue weighted by molar-refractivity contribution is 1.04. The highest BCUT2D eigenvalue weighted by atomic mass is 79.9. The smallest absolute Gasteiger partial charge is 0.254 e. The van der Waals surface area contributed by atoms with Gasteiger partial charge in [0.2, 0.25) is 0 Å². The molecule has 2 rings (SSSR count). The van der Waals surface area contributed by atoms with Crippen LogP contribution in [0, 0.1) is 13.8 Å². The van der Waals surface area contributed by atoms with Crippen molar-refractivity contribution in [3.63, 3.8) is 0 Å². The van der Waals surface area contributed by atoms with Crippen molar-refractivity contribution in [2.75, 3.05) is 0 Å². The molecule has 16 heavy (non-hydrogen) atoms. The maximum absolute atomic E-state index is 11.6. The topological polar surface area (TPSA) is 45.8 Å². The first-order valence-electron chi connectivity index (χ1n) is 4.51. The van der Waals surface area contributed by atoms with Crippen LogP contribution < -0.4 is 5.56 Å². The SMILES string of the molecule is Cc1nc(-c2cc(Br)c(Cl)s2)[nH]c(=O)c1C. The zero-order valence-corrected chi connectivity index (χ0v) is 11.8. The summed E-state index contributed by atoms with van der Waals surface area (Å²) in [4.78, 5) is 19.5. The van der Waals surface area contributed by atoms with E-state index in [1.807, 2.05) is 13.0 Å². The van der Waals surface area contributed by atoms with E-state index < -0.39 is 0 Å². The number of rotatable bonds is 1. The number of halogens is 2. The molecule has 0 spiro atoms. The van der Waals surface area contributed by atoms with Crippen molar-refractivity contribution in [2.24, 2.45) is 0 Å². The van der Waals surface area contributed by atoms with Crippen molar-refractivity contribution >= 4 is 38.9 Å². The molecule has 0 saturated carbocycles. The normalized spacial score (nSPS) is 10.8. The van der Waals surface area contributed by atoms with E-state index in [1.165, 1.54) is 11.3 Å². The van der Waals surface area contributed by atoms with Crippen molar-refractivity contribution in [1.82, 2.24) is 9.97 Å². The van der Waals surface area contributed by atoms with Gasteiger partial charge in [-0.3, -0.25) is 4.79 Å². The number of hydrogen-bond donors (Lipinski definition) is 1. The van der Waals surface area contributed by atoms with Gasteiger partial charge in [-0.1, -0.05) is 11.6 Å². The number of H-pyrrole nitrogens is 1. The predicted octanol–water partition coefficient (Wildman–Crippen LogP) is 3.53. The number of hydrogen-bond acceptors (Lipinski definition) is 3. The number of aryl methyl sites for hydroxylation is 1. The van der Waals surface area contributed by atoms with E-state index in [9.17, 15) is 4.79 Å². The maximum atomic E-state index is 11.6. The molecule has 2 aromatic heterocycles. The molecule has 0 aliphatic carbocycles. The van der Waals surface area contributed by atoms with Crippen LogP contribution in [0.25, 0.3) is 10.7 Å². The van der Waals surface area contributed by atoms with Crippen molar-refractivity contribution in [3.05, 3.63) is 36.5 Å². The van der Waals surface area contributed by atoms with E-state index in [0.29, 0.717) is 15.7 Å². The number of aromatic nitrogens is 2. The summed E-state index contributed by atoms with van der Waals surface area (Å²) in [6.07, 6.45) is 0. The molecule has 0 aliphatic heterocycles. The Morgan fingerprint density at radius 3 is 2.69 bits per heavy atom. The van der Waals surface area contributed by atoms with Gasteiger partial charge in [0.25, 0.3) is 5.56 Å². The quantitative estimate of drug-likeness (QED) is 0.874. The molecular formula is C10H8BrClN2OS. The molecule has 3 nitrogen and oxygen atoms in total. The second kappa shape index (κ2) is 4.31. The Morgan fingerprint density at radius 2 is 2.19 bits per heavy atom. The van der Waals surface area contributed by atoms with Gasteiger partial charge < -0.3 is 4.98 Å². The van der Waals surface area contributed by atoms with Crippen LogP contribution in [-0.4, -0.2) is 9.97 Å². The van der Waals surface area contributed by atoms with E-state index in [-0.39, 0.29) is 5.56 Å². The fraction of sp³-hybridized carbons (Fsp3) is 0.200. The third-order valence-corrected chi connectivity index (χ3v) is 4.75. The molecular weight excluding hydrogens is 312 g/mol. The lowest BCUT2D eigenvalue weighted by Gasteiger charge is -2.01. The molecule has 0 unspecified atom stereocenters. The van der Waals surface area contributed by atoms with Crippen LogP contribution in [0.3, 0.4) is 0 Å². The summed E-state index contributed by atoms with van der Waals surface area (Å²) in [6.45, 7) is 3.57. The fourth-order valence-electron chi connectivity index (χ4n) is 1.23. The Hall–Kier alpha value is -0.650. The van der Waals surface area contributed by atoms with Crippen molar-refractivity contribution in [1.29, 1.82) is 0 Å². The monoisotopic (exact) mass is 318 g/mol. The molecule has 0 bridgehead atoms. The minimum absolute atomic E-state index is 0.108. The second-order valence-electron chi connectivity index (χ2n) is 3.36. The first kappa shape index (κ1) is 11.8. The van der Waals surface area contributed by atoms with Crippen molar-refractivity contribution in [2.45, 2.75) is 13.8 Å². The second-order valence-corrected chi connectivity index (χ2v) is 5.87. The van der Waals surface area contributed by atoms with E-state index in [1.54, 1.807) is 6.92 Å². The summed E-state index contributed by atoms with van der Waals surface area (Å²) < 4.78 is 1.46. The Kier molecular flexibility index (Phi) is 3.19. The third-order valence-electron chi connectivity index (χ3n) is 2.27. The number of aromatic amines is 1. The van der Waals surface area contributed by atoms with Crippen LogP contribution in [0.15, 0.2) is 15.3 Å². The molecule has 0 aliphatic rings. The van der Waals surface area contributed by atoms with Gasteiger partial charge in [-0.15, -0.1) is 11.3 Å². The van der Waals surface area contributed by atoms with Crippen molar-refractivity contribution in [3.8, 4) is 10.7 Å². The van der Waals surface area contributed by atoms with E-state index in [0.717, 1.165) is 15.0 Å². The first-order valence-corrected chi connectivity index (χ1v) is 6.50. The average Bonchev–Trinajstić information content (AvgIpc) is 2.55. The highest BCUT2D eigenvalue weighted by molar-refractivity contribution is 9.10. The van der Waals surface area contributed by atoms with Crippen LogP contribution in [-0.2, 0) is 0 Å². The maximum Gasteiger partial charge on any atom is 0.254 e. The van der Waals surface area contributed by atoms with Gasteiger partial charge in [0, 0.05) is 15.7 Å². The van der Waals surface area contributed by atoms with Gasteiger partial charge in [-0.25, -0.2) is 4.98 Å². The third kappa shape index (κ3) is 2.07. The standard InChI is InChI=1S/C10H8BrClN2OS/c1-4-5(2)13-9(14-10(4)15)7-3-6(11)8(12)16-7/h3H,1-2H3,(H,13,14,15). The molecule has 6 heteroatoms. The highest BCUT2D eigenvalue weighted by Crippen LogP contribution is 2.36. The summed E-state index contributed by atoms with van der Waals surface area (Å²) in [5.41, 5.74) is 1.27. The molecule has 84 valence electrons. The van der Waals surface area contributed by atoms with Crippen LogP contribution in [0.2, 0.25) is 4.34 Å². The molecule has 1 N–H and O–H groups in total. The number of nitrogens with zero attached hydrogens (tertiary/aromatic N) is 1. The Balaban J connectivity index is 2.61. The van der Waals surface area contributed by atoms with Crippen LogP contribution in [0.5, 0.6) is 0 Å². The van der Waals surface area contributed by atoms with Gasteiger partial charge >= 0.3 is 0 Å². The minimum atomic E-state index is -0.108. The summed E-state index contributed by atoms with van der Waals surface area (Å²) in [6, 6.07) is 1.85. The number of thiophene rings is 1. The summed E-state index contributed by atoms with van der Waals surface area (Å²) >= 11 is 10.6. The van der Waals surface area contributed by atoms with Crippen molar-refractivity contribution < 1.29 is 0 Å². The van der Waals surface area contributed by atoms with Gasteiger partial charge in [0.1, 0.15) is 4.34 Å². The average molecular weight is 320 g/mol. The van der Waals surface area contributed by atoms with E-state index in [4.69, 9.17) is 11.6 Å². The Morgan fingerprint density at radius 1 is 1.50 bits per heavy atom. The van der Waals surface area contributed by atoms with Gasteiger partial charge in [-0.2, -0.15) is 0 Å². The number of nitrogens with one attached hydrogen (secondary N) is 1. The largest absolute Gasteiger partial charge is 0.306 e. The lowest BCUT2D eigenvalue weighted by atomic mass is 10.2. The highest BCUT2D eigenvalue weighted by Gasteiger charge is 2.10. The predicted molar refractivity (Wildman–Crippen MR) is 70.4 cm³/mol. The zero-order chi connectivity index (χ0) is 11.9. The van der Waals surface area contributed by atoms with Gasteiger partial charge in [-0.05, 0) is 35.8 Å². The zero-order valence-electron chi connectivity index (χ0n) is 8.60. The fourth-order valence-corrected chi connectivity index (χ4v) is 2.87. The Bertz CT molecular complexity index is 586. The summed E-state index contributed by atoms with van der Waals surface area (Å²) in [7, 11) is 0. The molecule has 2 aromatic rings. The molecule has 0 amide bonds. The molecule has 0 radical (unpaired) electrons. The first-order chi connectivity index (χ1) is 7.49. The molecule has 0 fully saturated rings. The van der Waals surface area contributed by atoms with Gasteiger partial charge in [0.05, 0.1) is 4.88 Å². The van der Waals surface area contributed by atoms with E-state index in [2.05, 4.69) is 25.9 Å². The molecule has 0 saturated heterocycles. The lowest BCUT2D eigenvalue weighted by Crippen LogP contribution is -2.13. The van der Waals surface area contributed by atoms with Gasteiger partial charge in [0.15, 0.2) is 5.82 Å². The van der Waals surface area contributed by atoms with Crippen LogP contribution in [0.1, 0.15) is 11.3 Å². The molecule has 0 aromatic carbocycles. The summed E-state index contributed by atoms with van der Waals surface area (Å²) in [5.74, 6) is 0.561. The Labute approximate surface area is 110 Å². The van der Waals surface area contributed by atoms with Crippen LogP contribution in [0.4, 0.5) is 0 Å². The molecule has 2 heterocycles. The minimum Gasteiger partial charge on any atom is -0.306 e. The van der Waals surface area contributed by atoms with E-state index >= 15 is 0 Å². The summed E-state index contributed by atoms with van der Waals surface area (Å²) in [5, 5.41) is 0. The van der Waals surface area contributed by atoms with Crippen LogP contribution >= 0.6 is 38.9 Å². The molecule has 0 atom stereocenters.